The van der Waals surface area contributed by atoms with E-state index in [1.165, 1.54) is 11.3 Å². The van der Waals surface area contributed by atoms with E-state index in [0.29, 0.717) is 40.0 Å². The van der Waals surface area contributed by atoms with Crippen LogP contribution in [0.1, 0.15) is 40.2 Å². The molecular weight excluding hydrogens is 428 g/mol. The van der Waals surface area contributed by atoms with Crippen molar-refractivity contribution in [3.8, 4) is 17.0 Å². The second-order valence-electron chi connectivity index (χ2n) is 8.58. The van der Waals surface area contributed by atoms with Crippen LogP contribution in [0.5, 0.6) is 5.75 Å². The van der Waals surface area contributed by atoms with Crippen LogP contribution in [0.15, 0.2) is 55.3 Å². The zero-order valence-corrected chi connectivity index (χ0v) is 19.4. The molecule has 0 spiro atoms. The Labute approximate surface area is 198 Å². The number of H-pyrrole nitrogens is 2. The van der Waals surface area contributed by atoms with Crippen LogP contribution in [0.3, 0.4) is 0 Å². The molecule has 1 aromatic carbocycles. The van der Waals surface area contributed by atoms with Gasteiger partial charge in [-0.25, -0.2) is 9.78 Å². The van der Waals surface area contributed by atoms with Gasteiger partial charge in [-0.3, -0.25) is 0 Å². The van der Waals surface area contributed by atoms with E-state index < -0.39 is 5.97 Å². The molecule has 0 saturated carbocycles. The van der Waals surface area contributed by atoms with Crippen molar-refractivity contribution in [1.29, 1.82) is 0 Å². The van der Waals surface area contributed by atoms with Gasteiger partial charge in [0, 0.05) is 42.1 Å². The molecule has 3 aromatic heterocycles. The molecule has 34 heavy (non-hydrogen) atoms. The number of nitrogens with zero attached hydrogens (tertiary/aromatic N) is 2. The molecule has 4 heterocycles. The monoisotopic (exact) mass is 456 g/mol. The molecule has 4 aromatic rings. The number of ether oxygens (including phenoxy) is 1. The lowest BCUT2D eigenvalue weighted by atomic mass is 9.95. The van der Waals surface area contributed by atoms with Gasteiger partial charge in [-0.1, -0.05) is 24.3 Å². The third-order valence-electron chi connectivity index (χ3n) is 6.47. The highest BCUT2D eigenvalue weighted by Crippen LogP contribution is 2.43. The van der Waals surface area contributed by atoms with Crippen molar-refractivity contribution in [2.24, 2.45) is 0 Å². The van der Waals surface area contributed by atoms with Crippen molar-refractivity contribution in [3.05, 3.63) is 77.8 Å². The van der Waals surface area contributed by atoms with Crippen LogP contribution in [-0.4, -0.2) is 45.7 Å². The molecule has 7 nitrogen and oxygen atoms in total. The number of aryl methyl sites for hydroxylation is 1. The average molecular weight is 457 g/mol. The van der Waals surface area contributed by atoms with Crippen molar-refractivity contribution in [3.63, 3.8) is 0 Å². The van der Waals surface area contributed by atoms with Crippen LogP contribution >= 0.6 is 0 Å². The quantitative estimate of drug-likeness (QED) is 0.266. The van der Waals surface area contributed by atoms with E-state index in [-0.39, 0.29) is 18.3 Å². The molecule has 0 saturated heterocycles. The van der Waals surface area contributed by atoms with E-state index in [1.807, 2.05) is 30.3 Å². The first kappa shape index (κ1) is 21.8. The molecule has 0 bridgehead atoms. The summed E-state index contributed by atoms with van der Waals surface area (Å²) in [5, 5.41) is 11.9. The highest BCUT2D eigenvalue weighted by Gasteiger charge is 2.31. The van der Waals surface area contributed by atoms with E-state index in [4.69, 9.17) is 4.74 Å². The number of rotatable bonds is 7. The van der Waals surface area contributed by atoms with E-state index in [9.17, 15) is 9.90 Å². The number of aromatic amines is 2. The van der Waals surface area contributed by atoms with Crippen LogP contribution in [0, 0.1) is 6.92 Å². The van der Waals surface area contributed by atoms with Crippen molar-refractivity contribution < 1.29 is 14.6 Å². The zero-order chi connectivity index (χ0) is 23.8. The Morgan fingerprint density at radius 2 is 2.15 bits per heavy atom. The van der Waals surface area contributed by atoms with E-state index in [1.54, 1.807) is 20.0 Å². The van der Waals surface area contributed by atoms with Crippen molar-refractivity contribution in [2.45, 2.75) is 26.2 Å². The maximum absolute atomic E-state index is 12.9. The highest BCUT2D eigenvalue weighted by atomic mass is 16.5. The molecule has 0 aliphatic carbocycles. The molecule has 0 amide bonds. The Bertz CT molecular complexity index is 1370. The molecule has 1 unspecified atom stereocenters. The SMILES string of the molecule is C=CCN1CC(Cc2[nH]c3nc(C)c(C(=O)OCC)c(-c4ccc[nH]4)c3c2O)c2ccccc21. The minimum atomic E-state index is -0.453. The summed E-state index contributed by atoms with van der Waals surface area (Å²) >= 11 is 0. The van der Waals surface area contributed by atoms with Gasteiger partial charge in [0.15, 0.2) is 0 Å². The molecule has 7 heteroatoms. The largest absolute Gasteiger partial charge is 0.505 e. The number of hydrogen-bond acceptors (Lipinski definition) is 5. The number of carbonyl (C=O) groups excluding carboxylic acids is 1. The summed E-state index contributed by atoms with van der Waals surface area (Å²) in [5.41, 5.74) is 5.95. The molecule has 174 valence electrons. The molecule has 1 atom stereocenters. The Morgan fingerprint density at radius 1 is 1.32 bits per heavy atom. The zero-order valence-electron chi connectivity index (χ0n) is 19.4. The molecule has 0 fully saturated rings. The second kappa shape index (κ2) is 8.74. The lowest BCUT2D eigenvalue weighted by Gasteiger charge is -2.17. The summed E-state index contributed by atoms with van der Waals surface area (Å²) in [6.45, 7) is 9.32. The third-order valence-corrected chi connectivity index (χ3v) is 6.47. The number of benzene rings is 1. The number of fused-ring (bicyclic) bond motifs is 2. The second-order valence-corrected chi connectivity index (χ2v) is 8.58. The maximum Gasteiger partial charge on any atom is 0.340 e. The van der Waals surface area contributed by atoms with Gasteiger partial charge in [0.1, 0.15) is 11.4 Å². The Kier molecular flexibility index (Phi) is 5.61. The number of pyridine rings is 1. The standard InChI is InChI=1S/C27H28N4O3/c1-4-13-31-15-17(18-9-6-7-11-21(18)31)14-20-25(32)24-23(19-10-8-12-28-19)22(27(33)34-5-2)16(3)29-26(24)30-20/h4,6-12,17,28,32H,1,5,13-15H2,2-3H3,(H,29,30). The number of carbonyl (C=O) groups is 1. The average Bonchev–Trinajstić information content (AvgIpc) is 3.54. The molecule has 1 aliphatic rings. The van der Waals surface area contributed by atoms with Gasteiger partial charge in [-0.2, -0.15) is 0 Å². The predicted molar refractivity (Wildman–Crippen MR) is 134 cm³/mol. The minimum absolute atomic E-state index is 0.123. The Balaban J connectivity index is 1.63. The van der Waals surface area contributed by atoms with Gasteiger partial charge >= 0.3 is 5.97 Å². The number of hydrogen-bond donors (Lipinski definition) is 3. The maximum atomic E-state index is 12.9. The fraction of sp³-hybridized carbons (Fsp3) is 0.259. The number of para-hydroxylation sites is 1. The van der Waals surface area contributed by atoms with Crippen LogP contribution in [-0.2, 0) is 11.2 Å². The van der Waals surface area contributed by atoms with Crippen LogP contribution in [0.25, 0.3) is 22.3 Å². The smallest absolute Gasteiger partial charge is 0.340 e. The van der Waals surface area contributed by atoms with Crippen molar-refractivity contribution in [1.82, 2.24) is 15.0 Å². The lowest BCUT2D eigenvalue weighted by Crippen LogP contribution is -2.22. The Morgan fingerprint density at radius 3 is 2.88 bits per heavy atom. The number of nitrogens with one attached hydrogen (secondary N) is 2. The van der Waals surface area contributed by atoms with Crippen molar-refractivity contribution >= 4 is 22.7 Å². The van der Waals surface area contributed by atoms with Gasteiger partial charge in [0.2, 0.25) is 0 Å². The Hall–Kier alpha value is -4.00. The number of aromatic nitrogens is 3. The van der Waals surface area contributed by atoms with Crippen LogP contribution < -0.4 is 4.90 Å². The first-order valence-corrected chi connectivity index (χ1v) is 11.5. The predicted octanol–water partition coefficient (Wildman–Crippen LogP) is 5.08. The van der Waals surface area contributed by atoms with E-state index in [0.717, 1.165) is 18.8 Å². The van der Waals surface area contributed by atoms with E-state index >= 15 is 0 Å². The third kappa shape index (κ3) is 3.53. The van der Waals surface area contributed by atoms with Crippen LogP contribution in [0.4, 0.5) is 5.69 Å². The summed E-state index contributed by atoms with van der Waals surface area (Å²) in [5.74, 6) is -0.127. The van der Waals surface area contributed by atoms with Gasteiger partial charge in [0.25, 0.3) is 0 Å². The summed E-state index contributed by atoms with van der Waals surface area (Å²) < 4.78 is 5.33. The summed E-state index contributed by atoms with van der Waals surface area (Å²) in [6.07, 6.45) is 4.32. The number of esters is 1. The van der Waals surface area contributed by atoms with Gasteiger partial charge < -0.3 is 24.7 Å². The summed E-state index contributed by atoms with van der Waals surface area (Å²) in [6, 6.07) is 12.1. The fourth-order valence-corrected chi connectivity index (χ4v) is 5.07. The first-order chi connectivity index (χ1) is 16.5. The molecular formula is C27H28N4O3. The number of anilines is 1. The topological polar surface area (TPSA) is 94.2 Å². The first-order valence-electron chi connectivity index (χ1n) is 11.5. The van der Waals surface area contributed by atoms with Gasteiger partial charge in [-0.15, -0.1) is 6.58 Å². The van der Waals surface area contributed by atoms with E-state index in [2.05, 4.69) is 38.6 Å². The molecule has 1 aliphatic heterocycles. The molecule has 5 rings (SSSR count). The normalized spacial score (nSPS) is 15.0. The fourth-order valence-electron chi connectivity index (χ4n) is 5.07. The van der Waals surface area contributed by atoms with Crippen LogP contribution in [0.2, 0.25) is 0 Å². The van der Waals surface area contributed by atoms with Crippen molar-refractivity contribution in [2.75, 3.05) is 24.6 Å². The summed E-state index contributed by atoms with van der Waals surface area (Å²) in [4.78, 5) is 26.3. The van der Waals surface area contributed by atoms with Gasteiger partial charge in [0.05, 0.1) is 28.9 Å². The molecule has 0 radical (unpaired) electrons. The number of aromatic hydroxyl groups is 1. The lowest BCUT2D eigenvalue weighted by molar-refractivity contribution is 0.0526. The highest BCUT2D eigenvalue weighted by molar-refractivity contribution is 6.09. The summed E-state index contributed by atoms with van der Waals surface area (Å²) in [7, 11) is 0. The minimum Gasteiger partial charge on any atom is -0.505 e. The van der Waals surface area contributed by atoms with Gasteiger partial charge in [-0.05, 0) is 44.0 Å². The molecule has 3 N–H and O–H groups in total.